The molecule has 1 aliphatic rings. The van der Waals surface area contributed by atoms with Crippen LogP contribution in [-0.2, 0) is 10.0 Å². The molecule has 0 atom stereocenters. The highest BCUT2D eigenvalue weighted by atomic mass is 32.2. The zero-order valence-corrected chi connectivity index (χ0v) is 16.0. The molecule has 0 bridgehead atoms. The van der Waals surface area contributed by atoms with E-state index >= 15 is 0 Å². The van der Waals surface area contributed by atoms with E-state index in [1.165, 1.54) is 57.1 Å². The number of hydrogen-bond acceptors (Lipinski definition) is 5. The molecule has 1 fully saturated rings. The van der Waals surface area contributed by atoms with Crippen LogP contribution in [0.25, 0.3) is 0 Å². The van der Waals surface area contributed by atoms with E-state index in [-0.39, 0.29) is 16.6 Å². The Balaban J connectivity index is 2.16. The third-order valence-electron chi connectivity index (χ3n) is 4.95. The summed E-state index contributed by atoms with van der Waals surface area (Å²) in [5.41, 5.74) is 0.0773. The van der Waals surface area contributed by atoms with Gasteiger partial charge in [0.25, 0.3) is 5.69 Å². The molecule has 2 rings (SSSR count). The average molecular weight is 384 g/mol. The summed E-state index contributed by atoms with van der Waals surface area (Å²) in [6, 6.07) is 3.95. The molecule has 1 aliphatic carbocycles. The largest absolute Gasteiger partial charge is 0.381 e. The van der Waals surface area contributed by atoms with Crippen LogP contribution in [0.5, 0.6) is 0 Å². The minimum Gasteiger partial charge on any atom is -0.381 e. The molecule has 0 unspecified atom stereocenters. The first-order valence-electron chi connectivity index (χ1n) is 9.46. The van der Waals surface area contributed by atoms with Gasteiger partial charge in [-0.15, -0.1) is 0 Å². The van der Waals surface area contributed by atoms with Crippen molar-refractivity contribution < 1.29 is 13.3 Å². The Kier molecular flexibility index (Phi) is 7.84. The van der Waals surface area contributed by atoms with Gasteiger partial charge < -0.3 is 5.32 Å². The van der Waals surface area contributed by atoms with Crippen molar-refractivity contribution in [2.45, 2.75) is 81.6 Å². The number of primary sulfonamides is 1. The van der Waals surface area contributed by atoms with Crippen molar-refractivity contribution in [1.82, 2.24) is 0 Å². The van der Waals surface area contributed by atoms with Crippen LogP contribution in [0.4, 0.5) is 11.4 Å². The molecule has 8 heteroatoms. The van der Waals surface area contributed by atoms with Gasteiger partial charge in [0.15, 0.2) is 0 Å². The molecule has 0 spiro atoms. The molecule has 7 nitrogen and oxygen atoms in total. The first kappa shape index (κ1) is 20.6. The quantitative estimate of drug-likeness (QED) is 0.593. The van der Waals surface area contributed by atoms with Gasteiger partial charge in [0.1, 0.15) is 4.90 Å². The topological polar surface area (TPSA) is 115 Å². The zero-order valence-electron chi connectivity index (χ0n) is 15.2. The summed E-state index contributed by atoms with van der Waals surface area (Å²) in [4.78, 5) is 10.1. The lowest BCUT2D eigenvalue weighted by molar-refractivity contribution is -0.385. The number of benzene rings is 1. The summed E-state index contributed by atoms with van der Waals surface area (Å²) in [6.07, 6.45) is 12.8. The van der Waals surface area contributed by atoms with Crippen molar-refractivity contribution in [1.29, 1.82) is 0 Å². The molecular weight excluding hydrogens is 354 g/mol. The fourth-order valence-electron chi connectivity index (χ4n) is 3.51. The van der Waals surface area contributed by atoms with Crippen LogP contribution in [0.3, 0.4) is 0 Å². The number of rotatable bonds is 4. The maximum Gasteiger partial charge on any atom is 0.270 e. The fourth-order valence-corrected chi connectivity index (χ4v) is 4.23. The molecular formula is C18H29N3O4S. The second kappa shape index (κ2) is 9.87. The molecule has 0 amide bonds. The van der Waals surface area contributed by atoms with Gasteiger partial charge >= 0.3 is 0 Å². The number of nitro benzene ring substituents is 1. The molecule has 1 aromatic rings. The van der Waals surface area contributed by atoms with Gasteiger partial charge in [0, 0.05) is 18.2 Å². The highest BCUT2D eigenvalue weighted by Gasteiger charge is 2.21. The highest BCUT2D eigenvalue weighted by Crippen LogP contribution is 2.28. The standard InChI is InChI=1S/C18H29N3O4S/c19-26(24,25)18-14-16(21(22)23)12-13-17(18)20-15-10-8-6-4-2-1-3-5-7-9-11-15/h12-15,20H,1-11H2,(H2,19,24,25). The number of nitrogens with one attached hydrogen (secondary N) is 1. The van der Waals surface area contributed by atoms with Crippen LogP contribution < -0.4 is 10.5 Å². The van der Waals surface area contributed by atoms with Crippen LogP contribution in [0, 0.1) is 10.1 Å². The molecule has 1 saturated carbocycles. The first-order valence-corrected chi connectivity index (χ1v) is 11.0. The van der Waals surface area contributed by atoms with Crippen molar-refractivity contribution >= 4 is 21.4 Å². The van der Waals surface area contributed by atoms with E-state index in [0.717, 1.165) is 31.7 Å². The number of anilines is 1. The van der Waals surface area contributed by atoms with Gasteiger partial charge in [-0.2, -0.15) is 0 Å². The van der Waals surface area contributed by atoms with Crippen LogP contribution in [0.2, 0.25) is 0 Å². The van der Waals surface area contributed by atoms with Gasteiger partial charge in [-0.3, -0.25) is 10.1 Å². The van der Waals surface area contributed by atoms with Crippen LogP contribution in [-0.4, -0.2) is 19.4 Å². The Morgan fingerprint density at radius 1 is 0.962 bits per heavy atom. The molecule has 26 heavy (non-hydrogen) atoms. The average Bonchev–Trinajstić information content (AvgIpc) is 2.56. The lowest BCUT2D eigenvalue weighted by Gasteiger charge is -2.22. The second-order valence-corrected chi connectivity index (χ2v) is 8.61. The summed E-state index contributed by atoms with van der Waals surface area (Å²) in [5, 5.41) is 19.5. The van der Waals surface area contributed by atoms with E-state index in [0.29, 0.717) is 5.69 Å². The molecule has 0 saturated heterocycles. The van der Waals surface area contributed by atoms with Gasteiger partial charge in [-0.1, -0.05) is 57.8 Å². The molecule has 0 radical (unpaired) electrons. The van der Waals surface area contributed by atoms with Crippen molar-refractivity contribution in [2.24, 2.45) is 5.14 Å². The Morgan fingerprint density at radius 3 is 1.92 bits per heavy atom. The Hall–Kier alpha value is -1.67. The highest BCUT2D eigenvalue weighted by molar-refractivity contribution is 7.89. The van der Waals surface area contributed by atoms with E-state index in [2.05, 4.69) is 5.32 Å². The lowest BCUT2D eigenvalue weighted by atomic mass is 9.98. The zero-order chi connectivity index (χ0) is 19.0. The first-order chi connectivity index (χ1) is 12.4. The third kappa shape index (κ3) is 6.57. The number of non-ortho nitro benzene ring substituents is 1. The molecule has 0 aromatic heterocycles. The minimum atomic E-state index is -4.05. The van der Waals surface area contributed by atoms with Crippen molar-refractivity contribution in [3.63, 3.8) is 0 Å². The summed E-state index contributed by atoms with van der Waals surface area (Å²) >= 11 is 0. The van der Waals surface area contributed by atoms with E-state index in [4.69, 9.17) is 5.14 Å². The smallest absolute Gasteiger partial charge is 0.270 e. The van der Waals surface area contributed by atoms with Gasteiger partial charge in [-0.05, 0) is 18.9 Å². The van der Waals surface area contributed by atoms with Crippen molar-refractivity contribution in [2.75, 3.05) is 5.32 Å². The van der Waals surface area contributed by atoms with E-state index in [9.17, 15) is 18.5 Å². The normalized spacial score (nSPS) is 18.5. The number of nitrogens with two attached hydrogens (primary N) is 1. The SMILES string of the molecule is NS(=O)(=O)c1cc([N+](=O)[O-])ccc1NC1CCCCCCCCCCC1. The fraction of sp³-hybridized carbons (Fsp3) is 0.667. The minimum absolute atomic E-state index is 0.149. The number of sulfonamides is 1. The van der Waals surface area contributed by atoms with E-state index in [1.54, 1.807) is 0 Å². The van der Waals surface area contributed by atoms with Gasteiger partial charge in [0.05, 0.1) is 10.6 Å². The molecule has 0 heterocycles. The number of hydrogen-bond donors (Lipinski definition) is 2. The second-order valence-electron chi connectivity index (χ2n) is 7.08. The molecule has 0 aliphatic heterocycles. The molecule has 3 N–H and O–H groups in total. The van der Waals surface area contributed by atoms with Crippen molar-refractivity contribution in [3.8, 4) is 0 Å². The Morgan fingerprint density at radius 2 is 1.46 bits per heavy atom. The van der Waals surface area contributed by atoms with Gasteiger partial charge in [0.2, 0.25) is 10.0 Å². The van der Waals surface area contributed by atoms with E-state index in [1.807, 2.05) is 0 Å². The summed E-state index contributed by atoms with van der Waals surface area (Å²) < 4.78 is 23.8. The van der Waals surface area contributed by atoms with Crippen LogP contribution >= 0.6 is 0 Å². The van der Waals surface area contributed by atoms with Gasteiger partial charge in [-0.25, -0.2) is 13.6 Å². The van der Waals surface area contributed by atoms with Crippen LogP contribution in [0.15, 0.2) is 23.1 Å². The molecule has 1 aromatic carbocycles. The maximum absolute atomic E-state index is 11.9. The lowest BCUT2D eigenvalue weighted by Crippen LogP contribution is -2.23. The summed E-state index contributed by atoms with van der Waals surface area (Å²) in [5.74, 6) is 0. The third-order valence-corrected chi connectivity index (χ3v) is 5.90. The summed E-state index contributed by atoms with van der Waals surface area (Å²) in [7, 11) is -4.05. The maximum atomic E-state index is 11.9. The summed E-state index contributed by atoms with van der Waals surface area (Å²) in [6.45, 7) is 0. The molecule has 146 valence electrons. The Bertz CT molecular complexity index is 694. The number of nitro groups is 1. The van der Waals surface area contributed by atoms with E-state index < -0.39 is 14.9 Å². The predicted molar refractivity (Wildman–Crippen MR) is 103 cm³/mol. The number of nitrogens with zero attached hydrogens (tertiary/aromatic N) is 1. The monoisotopic (exact) mass is 383 g/mol. The predicted octanol–water partition coefficient (Wildman–Crippen LogP) is 4.33. The van der Waals surface area contributed by atoms with Crippen molar-refractivity contribution in [3.05, 3.63) is 28.3 Å². The Labute approximate surface area is 155 Å². The van der Waals surface area contributed by atoms with Crippen LogP contribution in [0.1, 0.15) is 70.6 Å².